The Kier molecular flexibility index (Phi) is 5.79. The number of imidazole rings is 1. The maximum atomic E-state index is 13.4. The first-order valence-electron chi connectivity index (χ1n) is 11.6. The first-order chi connectivity index (χ1) is 17.0. The van der Waals surface area contributed by atoms with Crippen molar-refractivity contribution in [1.82, 2.24) is 19.8 Å². The molecule has 1 unspecified atom stereocenters. The number of amides is 3. The summed E-state index contributed by atoms with van der Waals surface area (Å²) in [6.07, 6.45) is 4.90. The summed E-state index contributed by atoms with van der Waals surface area (Å²) in [5.74, 6) is -0.232. The van der Waals surface area contributed by atoms with Crippen molar-refractivity contribution in [2.45, 2.75) is 31.8 Å². The molecule has 1 N–H and O–H groups in total. The molecule has 7 nitrogen and oxygen atoms in total. The van der Waals surface area contributed by atoms with Crippen LogP contribution < -0.4 is 5.32 Å². The van der Waals surface area contributed by atoms with Crippen molar-refractivity contribution >= 4 is 22.7 Å². The molecule has 3 aromatic carbocycles. The van der Waals surface area contributed by atoms with Crippen LogP contribution in [0.3, 0.4) is 0 Å². The van der Waals surface area contributed by atoms with Gasteiger partial charge in [-0.1, -0.05) is 54.6 Å². The molecule has 1 aliphatic rings. The molecular weight excluding hydrogens is 438 g/mol. The lowest BCUT2D eigenvalue weighted by Gasteiger charge is -2.24. The number of aryl methyl sites for hydroxylation is 1. The minimum atomic E-state index is -1.10. The molecular formula is C28H25N5O2. The fourth-order valence-corrected chi connectivity index (χ4v) is 4.74. The second kappa shape index (κ2) is 9.07. The van der Waals surface area contributed by atoms with Crippen LogP contribution in [0.5, 0.6) is 0 Å². The number of nitrogens with zero attached hydrogens (tertiary/aromatic N) is 4. The third kappa shape index (κ3) is 4.15. The maximum Gasteiger partial charge on any atom is 0.325 e. The summed E-state index contributed by atoms with van der Waals surface area (Å²) in [7, 11) is 0. The number of rotatable bonds is 7. The zero-order valence-corrected chi connectivity index (χ0v) is 19.4. The average molecular weight is 464 g/mol. The first kappa shape index (κ1) is 22.4. The molecule has 35 heavy (non-hydrogen) atoms. The molecule has 174 valence electrons. The van der Waals surface area contributed by atoms with E-state index in [-0.39, 0.29) is 11.9 Å². The molecule has 0 spiro atoms. The van der Waals surface area contributed by atoms with Crippen molar-refractivity contribution in [2.24, 2.45) is 0 Å². The van der Waals surface area contributed by atoms with E-state index < -0.39 is 5.54 Å². The Morgan fingerprint density at radius 3 is 2.60 bits per heavy atom. The Bertz CT molecular complexity index is 1440. The van der Waals surface area contributed by atoms with E-state index >= 15 is 0 Å². The molecule has 5 rings (SSSR count). The molecule has 0 aliphatic carbocycles. The Labute approximate surface area is 203 Å². The molecule has 1 aromatic heterocycles. The lowest BCUT2D eigenvalue weighted by atomic mass is 9.88. The highest BCUT2D eigenvalue weighted by Crippen LogP contribution is 2.34. The van der Waals surface area contributed by atoms with E-state index in [1.165, 1.54) is 4.90 Å². The van der Waals surface area contributed by atoms with Crippen LogP contribution in [0.25, 0.3) is 10.8 Å². The minimum Gasteiger partial charge on any atom is -0.330 e. The molecule has 1 aliphatic heterocycles. The molecule has 7 heteroatoms. The highest BCUT2D eigenvalue weighted by Gasteiger charge is 2.49. The van der Waals surface area contributed by atoms with Gasteiger partial charge >= 0.3 is 6.03 Å². The van der Waals surface area contributed by atoms with Crippen LogP contribution in [0.1, 0.15) is 35.7 Å². The van der Waals surface area contributed by atoms with E-state index in [1.54, 1.807) is 25.4 Å². The molecule has 1 fully saturated rings. The van der Waals surface area contributed by atoms with Crippen molar-refractivity contribution < 1.29 is 9.59 Å². The van der Waals surface area contributed by atoms with E-state index in [1.807, 2.05) is 65.4 Å². The number of nitrogens with one attached hydrogen (secondary N) is 1. The predicted octanol–water partition coefficient (Wildman–Crippen LogP) is 4.36. The van der Waals surface area contributed by atoms with E-state index in [0.717, 1.165) is 27.6 Å². The van der Waals surface area contributed by atoms with Gasteiger partial charge in [0.25, 0.3) is 5.91 Å². The van der Waals surface area contributed by atoms with Gasteiger partial charge in [0.2, 0.25) is 0 Å². The lowest BCUT2D eigenvalue weighted by Crippen LogP contribution is -2.41. The van der Waals surface area contributed by atoms with Gasteiger partial charge in [0.05, 0.1) is 18.0 Å². The molecule has 3 amide bonds. The molecule has 2 heterocycles. The minimum absolute atomic E-state index is 0.232. The number of benzene rings is 3. The summed E-state index contributed by atoms with van der Waals surface area (Å²) in [4.78, 5) is 31.9. The number of carbonyl (C=O) groups excluding carboxylic acids is 2. The third-order valence-electron chi connectivity index (χ3n) is 6.65. The Morgan fingerprint density at radius 2 is 1.80 bits per heavy atom. The predicted molar refractivity (Wildman–Crippen MR) is 132 cm³/mol. The molecule has 0 saturated carbocycles. The quantitative estimate of drug-likeness (QED) is 0.413. The molecule has 0 bridgehead atoms. The van der Waals surface area contributed by atoms with Crippen molar-refractivity contribution in [3.8, 4) is 6.07 Å². The Hall–Kier alpha value is -4.44. The van der Waals surface area contributed by atoms with Gasteiger partial charge in [0.15, 0.2) is 0 Å². The largest absolute Gasteiger partial charge is 0.330 e. The fraction of sp³-hybridized carbons (Fsp3) is 0.214. The van der Waals surface area contributed by atoms with Crippen LogP contribution in [0, 0.1) is 11.3 Å². The number of hydrogen-bond acceptors (Lipinski definition) is 4. The van der Waals surface area contributed by atoms with Crippen LogP contribution in [0.4, 0.5) is 4.79 Å². The topological polar surface area (TPSA) is 91.0 Å². The second-order valence-electron chi connectivity index (χ2n) is 8.96. The Balaban J connectivity index is 1.27. The summed E-state index contributed by atoms with van der Waals surface area (Å²) in [5, 5.41) is 13.9. The summed E-state index contributed by atoms with van der Waals surface area (Å²) >= 11 is 0. The van der Waals surface area contributed by atoms with E-state index in [4.69, 9.17) is 5.26 Å². The summed E-state index contributed by atoms with van der Waals surface area (Å²) < 4.78 is 2.05. The number of urea groups is 1. The lowest BCUT2D eigenvalue weighted by molar-refractivity contribution is -0.131. The van der Waals surface area contributed by atoms with Crippen molar-refractivity contribution in [3.63, 3.8) is 0 Å². The number of hydrogen-bond donors (Lipinski definition) is 1. The Morgan fingerprint density at radius 1 is 1.03 bits per heavy atom. The second-order valence-corrected chi connectivity index (χ2v) is 8.96. The van der Waals surface area contributed by atoms with Gasteiger partial charge in [-0.15, -0.1) is 0 Å². The van der Waals surface area contributed by atoms with E-state index in [2.05, 4.69) is 16.4 Å². The van der Waals surface area contributed by atoms with Crippen molar-refractivity contribution in [1.29, 1.82) is 5.26 Å². The van der Waals surface area contributed by atoms with E-state index in [0.29, 0.717) is 31.5 Å². The van der Waals surface area contributed by atoms with Gasteiger partial charge in [-0.05, 0) is 53.8 Å². The molecule has 4 aromatic rings. The monoisotopic (exact) mass is 463 g/mol. The van der Waals surface area contributed by atoms with Crippen molar-refractivity contribution in [3.05, 3.63) is 102 Å². The summed E-state index contributed by atoms with van der Waals surface area (Å²) in [6, 6.07) is 22.9. The maximum absolute atomic E-state index is 13.4. The SMILES string of the molecule is CC1(c2cccc3ccccc23)NC(=O)N(CCCc2cncn2Cc2ccc(C#N)cc2)C1=O. The smallest absolute Gasteiger partial charge is 0.325 e. The number of fused-ring (bicyclic) bond motifs is 1. The third-order valence-corrected chi connectivity index (χ3v) is 6.65. The molecule has 1 saturated heterocycles. The standard InChI is InChI=1S/C28H25N5O2/c1-28(25-10-4-7-22-6-2-3-9-24(22)25)26(34)33(27(35)31-28)15-5-8-23-17-30-19-32(23)18-21-13-11-20(16-29)12-14-21/h2-4,6-7,9-14,17,19H,5,8,15,18H2,1H3,(H,31,35). The average Bonchev–Trinajstić information content (AvgIpc) is 3.41. The van der Waals surface area contributed by atoms with Gasteiger partial charge in [0.1, 0.15) is 5.54 Å². The van der Waals surface area contributed by atoms with Gasteiger partial charge in [-0.2, -0.15) is 5.26 Å². The van der Waals surface area contributed by atoms with Gasteiger partial charge in [-0.3, -0.25) is 9.69 Å². The number of imide groups is 1. The van der Waals surface area contributed by atoms with Crippen LogP contribution >= 0.6 is 0 Å². The van der Waals surface area contributed by atoms with E-state index in [9.17, 15) is 9.59 Å². The fourth-order valence-electron chi connectivity index (χ4n) is 4.74. The van der Waals surface area contributed by atoms with Crippen LogP contribution in [-0.4, -0.2) is 32.9 Å². The van der Waals surface area contributed by atoms with Crippen molar-refractivity contribution in [2.75, 3.05) is 6.54 Å². The normalized spacial score (nSPS) is 17.5. The van der Waals surface area contributed by atoms with Gasteiger partial charge in [0, 0.05) is 25.0 Å². The molecule has 0 radical (unpaired) electrons. The first-order valence-corrected chi connectivity index (χ1v) is 11.6. The number of nitriles is 1. The van der Waals surface area contributed by atoms with Crippen LogP contribution in [0.15, 0.2) is 79.3 Å². The summed E-state index contributed by atoms with van der Waals surface area (Å²) in [6.45, 7) is 2.75. The van der Waals surface area contributed by atoms with Gasteiger partial charge < -0.3 is 9.88 Å². The van der Waals surface area contributed by atoms with Crippen LogP contribution in [0.2, 0.25) is 0 Å². The number of carbonyl (C=O) groups is 2. The molecule has 1 atom stereocenters. The summed E-state index contributed by atoms with van der Waals surface area (Å²) in [5.41, 5.74) is 2.43. The number of aromatic nitrogens is 2. The highest BCUT2D eigenvalue weighted by molar-refractivity contribution is 6.09. The highest BCUT2D eigenvalue weighted by atomic mass is 16.2. The zero-order chi connectivity index (χ0) is 24.4. The van der Waals surface area contributed by atoms with Gasteiger partial charge in [-0.25, -0.2) is 9.78 Å². The van der Waals surface area contributed by atoms with Crippen LogP contribution in [-0.2, 0) is 23.3 Å². The zero-order valence-electron chi connectivity index (χ0n) is 19.4.